The molecule has 8 heteroatoms. The van der Waals surface area contributed by atoms with E-state index in [1.807, 2.05) is 34.9 Å². The predicted molar refractivity (Wildman–Crippen MR) is 128 cm³/mol. The Morgan fingerprint density at radius 2 is 1.85 bits per heavy atom. The van der Waals surface area contributed by atoms with Crippen molar-refractivity contribution in [2.24, 2.45) is 0 Å². The Bertz CT molecular complexity index is 1310. The molecule has 4 rings (SSSR count). The molecular weight excluding hydrogens is 458 g/mol. The van der Waals surface area contributed by atoms with E-state index >= 15 is 0 Å². The van der Waals surface area contributed by atoms with Gasteiger partial charge in [-0.1, -0.05) is 23.9 Å². The Hall–Kier alpha value is -3.39. The molecule has 0 radical (unpaired) electrons. The summed E-state index contributed by atoms with van der Waals surface area (Å²) >= 11 is 1.32. The Kier molecular flexibility index (Phi) is 7.47. The molecule has 176 valence electrons. The molecule has 0 bridgehead atoms. The Labute approximate surface area is 200 Å². The van der Waals surface area contributed by atoms with Gasteiger partial charge in [0.05, 0.1) is 30.3 Å². The number of nitrogens with zero attached hydrogens (tertiary/aromatic N) is 2. The average molecular weight is 483 g/mol. The fourth-order valence-electron chi connectivity index (χ4n) is 3.60. The number of carbonyl (C=O) groups excluding carboxylic acids is 1. The van der Waals surface area contributed by atoms with Crippen LogP contribution < -0.4 is 4.74 Å². The number of thioether (sulfide) groups is 1. The molecule has 0 N–H and O–H groups in total. The summed E-state index contributed by atoms with van der Waals surface area (Å²) in [5.41, 5.74) is 3.30. The first-order chi connectivity index (χ1) is 16.5. The number of fused-ring (bicyclic) bond motifs is 1. The molecule has 0 amide bonds. The van der Waals surface area contributed by atoms with E-state index in [4.69, 9.17) is 14.5 Å². The lowest BCUT2D eigenvalue weighted by atomic mass is 10.1. The van der Waals surface area contributed by atoms with Crippen molar-refractivity contribution >= 4 is 28.8 Å². The second kappa shape index (κ2) is 10.7. The van der Waals surface area contributed by atoms with Crippen molar-refractivity contribution in [2.75, 3.05) is 13.7 Å². The van der Waals surface area contributed by atoms with Crippen molar-refractivity contribution in [3.8, 4) is 5.75 Å². The van der Waals surface area contributed by atoms with Crippen LogP contribution in [0.15, 0.2) is 65.8 Å². The van der Waals surface area contributed by atoms with Crippen LogP contribution in [0.2, 0.25) is 0 Å². The zero-order valence-corrected chi connectivity index (χ0v) is 19.7. The minimum absolute atomic E-state index is 0.222. The van der Waals surface area contributed by atoms with Crippen LogP contribution in [0.4, 0.5) is 8.78 Å². The molecule has 0 fully saturated rings. The van der Waals surface area contributed by atoms with Gasteiger partial charge in [-0.25, -0.2) is 18.6 Å². The largest absolute Gasteiger partial charge is 0.497 e. The van der Waals surface area contributed by atoms with E-state index in [9.17, 15) is 13.6 Å². The lowest BCUT2D eigenvalue weighted by Gasteiger charge is -2.10. The predicted octanol–water partition coefficient (Wildman–Crippen LogP) is 6.03. The minimum Gasteiger partial charge on any atom is -0.497 e. The fraction of sp³-hybridized carbons (Fsp3) is 0.231. The molecule has 0 spiro atoms. The highest BCUT2D eigenvalue weighted by molar-refractivity contribution is 7.98. The minimum atomic E-state index is -0.482. The molecule has 0 saturated carbocycles. The second-order valence-electron chi connectivity index (χ2n) is 7.59. The molecule has 3 aromatic carbocycles. The van der Waals surface area contributed by atoms with Gasteiger partial charge in [0.25, 0.3) is 0 Å². The third-order valence-corrected chi connectivity index (χ3v) is 6.40. The van der Waals surface area contributed by atoms with Crippen LogP contribution in [-0.2, 0) is 23.5 Å². The average Bonchev–Trinajstić information content (AvgIpc) is 3.20. The molecule has 4 aromatic rings. The standard InChI is InChI=1S/C26H24F2N2O3S/c1-3-33-25(31)18-6-11-24-23(15-18)29-26(34-16-19-14-20(27)7-10-22(19)28)30(24)13-12-17-4-8-21(32-2)9-5-17/h4-11,14-15H,3,12-13,16H2,1-2H3. The first kappa shape index (κ1) is 23.8. The smallest absolute Gasteiger partial charge is 0.338 e. The molecule has 0 saturated heterocycles. The molecule has 0 aliphatic carbocycles. The number of benzene rings is 3. The summed E-state index contributed by atoms with van der Waals surface area (Å²) in [4.78, 5) is 16.9. The molecule has 1 heterocycles. The van der Waals surface area contributed by atoms with E-state index in [0.717, 1.165) is 35.4 Å². The number of esters is 1. The van der Waals surface area contributed by atoms with Gasteiger partial charge in [-0.2, -0.15) is 0 Å². The fourth-order valence-corrected chi connectivity index (χ4v) is 4.62. The van der Waals surface area contributed by atoms with Crippen LogP contribution in [0.1, 0.15) is 28.4 Å². The number of methoxy groups -OCH3 is 1. The van der Waals surface area contributed by atoms with Gasteiger partial charge in [0.1, 0.15) is 17.4 Å². The molecule has 0 atom stereocenters. The molecule has 5 nitrogen and oxygen atoms in total. The number of halogens is 2. The number of imidazole rings is 1. The van der Waals surface area contributed by atoms with Gasteiger partial charge in [0.2, 0.25) is 0 Å². The summed E-state index contributed by atoms with van der Waals surface area (Å²) in [6, 6.07) is 16.5. The SMILES string of the molecule is CCOC(=O)c1ccc2c(c1)nc(SCc1cc(F)ccc1F)n2CCc1ccc(OC)cc1. The highest BCUT2D eigenvalue weighted by atomic mass is 32.2. The Morgan fingerprint density at radius 1 is 1.06 bits per heavy atom. The van der Waals surface area contributed by atoms with E-state index in [-0.39, 0.29) is 17.9 Å². The van der Waals surface area contributed by atoms with Crippen LogP contribution in [0.3, 0.4) is 0 Å². The Balaban J connectivity index is 1.64. The van der Waals surface area contributed by atoms with Gasteiger partial charge >= 0.3 is 5.97 Å². The van der Waals surface area contributed by atoms with Gasteiger partial charge in [-0.05, 0) is 67.4 Å². The number of ether oxygens (including phenoxy) is 2. The molecule has 1 aromatic heterocycles. The quantitative estimate of drug-likeness (QED) is 0.215. The van der Waals surface area contributed by atoms with Crippen molar-refractivity contribution in [3.05, 3.63) is 89.0 Å². The zero-order chi connectivity index (χ0) is 24.1. The maximum Gasteiger partial charge on any atom is 0.338 e. The number of hydrogen-bond acceptors (Lipinski definition) is 5. The van der Waals surface area contributed by atoms with Crippen molar-refractivity contribution in [2.45, 2.75) is 30.8 Å². The topological polar surface area (TPSA) is 53.3 Å². The number of aryl methyl sites for hydroxylation is 2. The van der Waals surface area contributed by atoms with Gasteiger partial charge in [-0.15, -0.1) is 0 Å². The number of carbonyl (C=O) groups is 1. The summed E-state index contributed by atoms with van der Waals surface area (Å²) in [5, 5.41) is 0.660. The number of hydrogen-bond donors (Lipinski definition) is 0. The summed E-state index contributed by atoms with van der Waals surface area (Å²) in [5.74, 6) is -0.339. The van der Waals surface area contributed by atoms with Gasteiger partial charge in [0, 0.05) is 17.9 Å². The highest BCUT2D eigenvalue weighted by Crippen LogP contribution is 2.29. The van der Waals surface area contributed by atoms with Crippen molar-refractivity contribution < 1.29 is 23.0 Å². The summed E-state index contributed by atoms with van der Waals surface area (Å²) in [6.45, 7) is 2.66. The van der Waals surface area contributed by atoms with Crippen molar-refractivity contribution in [1.29, 1.82) is 0 Å². The van der Waals surface area contributed by atoms with Crippen LogP contribution in [0, 0.1) is 11.6 Å². The van der Waals surface area contributed by atoms with E-state index in [1.165, 1.54) is 17.8 Å². The van der Waals surface area contributed by atoms with Gasteiger partial charge in [0.15, 0.2) is 5.16 Å². The maximum absolute atomic E-state index is 14.2. The van der Waals surface area contributed by atoms with Crippen LogP contribution >= 0.6 is 11.8 Å². The van der Waals surface area contributed by atoms with Crippen LogP contribution in [0.25, 0.3) is 11.0 Å². The Morgan fingerprint density at radius 3 is 2.59 bits per heavy atom. The van der Waals surface area contributed by atoms with E-state index in [0.29, 0.717) is 22.8 Å². The first-order valence-corrected chi connectivity index (χ1v) is 11.8. The van der Waals surface area contributed by atoms with Crippen molar-refractivity contribution in [1.82, 2.24) is 9.55 Å². The molecule has 0 aliphatic rings. The van der Waals surface area contributed by atoms with Crippen LogP contribution in [-0.4, -0.2) is 29.2 Å². The van der Waals surface area contributed by atoms with E-state index < -0.39 is 17.6 Å². The van der Waals surface area contributed by atoms with Crippen LogP contribution in [0.5, 0.6) is 5.75 Å². The number of aromatic nitrogens is 2. The molecule has 0 unspecified atom stereocenters. The lowest BCUT2D eigenvalue weighted by Crippen LogP contribution is -2.05. The summed E-state index contributed by atoms with van der Waals surface area (Å²) < 4.78 is 40.1. The molecule has 34 heavy (non-hydrogen) atoms. The van der Waals surface area contributed by atoms with Crippen molar-refractivity contribution in [3.63, 3.8) is 0 Å². The number of rotatable bonds is 9. The normalized spacial score (nSPS) is 11.1. The van der Waals surface area contributed by atoms with Gasteiger partial charge in [-0.3, -0.25) is 0 Å². The maximum atomic E-state index is 14.2. The van der Waals surface area contributed by atoms with Gasteiger partial charge < -0.3 is 14.0 Å². The lowest BCUT2D eigenvalue weighted by molar-refractivity contribution is 0.0526. The zero-order valence-electron chi connectivity index (χ0n) is 18.9. The third-order valence-electron chi connectivity index (χ3n) is 5.37. The summed E-state index contributed by atoms with van der Waals surface area (Å²) in [6.07, 6.45) is 0.733. The van der Waals surface area contributed by atoms with E-state index in [1.54, 1.807) is 26.2 Å². The first-order valence-electron chi connectivity index (χ1n) is 10.9. The monoisotopic (exact) mass is 482 g/mol. The molecular formula is C26H24F2N2O3S. The molecule has 0 aliphatic heterocycles. The third kappa shape index (κ3) is 5.39. The van der Waals surface area contributed by atoms with E-state index in [2.05, 4.69) is 0 Å². The highest BCUT2D eigenvalue weighted by Gasteiger charge is 2.16. The second-order valence-corrected chi connectivity index (χ2v) is 8.53. The summed E-state index contributed by atoms with van der Waals surface area (Å²) in [7, 11) is 1.63.